The molecule has 0 saturated heterocycles. The molecule has 1 aromatic rings. The van der Waals surface area contributed by atoms with Crippen molar-refractivity contribution in [2.45, 2.75) is 13.5 Å². The van der Waals surface area contributed by atoms with E-state index in [0.717, 1.165) is 6.07 Å². The maximum Gasteiger partial charge on any atom is 0.275 e. The lowest BCUT2D eigenvalue weighted by atomic mass is 10.1. The predicted octanol–water partition coefficient (Wildman–Crippen LogP) is 1.53. The molecule has 0 aliphatic heterocycles. The molecule has 0 radical (unpaired) electrons. The Kier molecular flexibility index (Phi) is 2.57. The van der Waals surface area contributed by atoms with E-state index in [0.29, 0.717) is 0 Å². The van der Waals surface area contributed by atoms with E-state index in [4.69, 9.17) is 5.11 Å². The highest BCUT2D eigenvalue weighted by Crippen LogP contribution is 2.22. The van der Waals surface area contributed by atoms with Gasteiger partial charge in [-0.25, -0.2) is 4.39 Å². The smallest absolute Gasteiger partial charge is 0.275 e. The van der Waals surface area contributed by atoms with Gasteiger partial charge in [0.2, 0.25) is 0 Å². The van der Waals surface area contributed by atoms with Crippen molar-refractivity contribution < 1.29 is 14.4 Å². The number of nitrogens with zero attached hydrogens (tertiary/aromatic N) is 1. The topological polar surface area (TPSA) is 63.4 Å². The van der Waals surface area contributed by atoms with E-state index in [-0.39, 0.29) is 16.8 Å². The number of aliphatic hydroxyl groups excluding tert-OH is 1. The molecule has 0 spiro atoms. The lowest BCUT2D eigenvalue weighted by Gasteiger charge is -2.01. The Morgan fingerprint density at radius 2 is 2.23 bits per heavy atom. The number of halogens is 1. The molecule has 5 heteroatoms. The van der Waals surface area contributed by atoms with Crippen LogP contribution in [-0.4, -0.2) is 10.0 Å². The van der Waals surface area contributed by atoms with E-state index in [2.05, 4.69) is 0 Å². The SMILES string of the molecule is Cc1c(F)cc(CO)cc1[N+](=O)[O-]. The van der Waals surface area contributed by atoms with E-state index in [1.807, 2.05) is 0 Å². The van der Waals surface area contributed by atoms with Gasteiger partial charge < -0.3 is 5.11 Å². The molecule has 0 amide bonds. The van der Waals surface area contributed by atoms with Gasteiger partial charge in [0, 0.05) is 6.07 Å². The second-order valence-electron chi connectivity index (χ2n) is 2.64. The molecular weight excluding hydrogens is 177 g/mol. The van der Waals surface area contributed by atoms with Crippen LogP contribution in [0.25, 0.3) is 0 Å². The van der Waals surface area contributed by atoms with E-state index in [9.17, 15) is 14.5 Å². The normalized spacial score (nSPS) is 10.1. The lowest BCUT2D eigenvalue weighted by Crippen LogP contribution is -1.97. The Labute approximate surface area is 73.8 Å². The molecule has 13 heavy (non-hydrogen) atoms. The molecule has 0 aromatic heterocycles. The lowest BCUT2D eigenvalue weighted by molar-refractivity contribution is -0.385. The fraction of sp³-hybridized carbons (Fsp3) is 0.250. The number of benzene rings is 1. The van der Waals surface area contributed by atoms with Gasteiger partial charge in [0.25, 0.3) is 5.69 Å². The Bertz CT molecular complexity index is 351. The highest BCUT2D eigenvalue weighted by Gasteiger charge is 2.15. The van der Waals surface area contributed by atoms with Crippen molar-refractivity contribution in [3.63, 3.8) is 0 Å². The third-order valence-corrected chi connectivity index (χ3v) is 1.76. The minimum absolute atomic E-state index is 0.0119. The molecule has 4 nitrogen and oxygen atoms in total. The van der Waals surface area contributed by atoms with Crippen LogP contribution in [0.2, 0.25) is 0 Å². The Morgan fingerprint density at radius 3 is 2.69 bits per heavy atom. The summed E-state index contributed by atoms with van der Waals surface area (Å²) in [6.45, 7) is 0.923. The van der Waals surface area contributed by atoms with Crippen LogP contribution in [0.3, 0.4) is 0 Å². The van der Waals surface area contributed by atoms with Crippen LogP contribution in [0, 0.1) is 22.9 Å². The minimum Gasteiger partial charge on any atom is -0.392 e. The molecule has 0 fully saturated rings. The summed E-state index contributed by atoms with van der Waals surface area (Å²) in [6, 6.07) is 2.25. The summed E-state index contributed by atoms with van der Waals surface area (Å²) < 4.78 is 13.0. The molecule has 70 valence electrons. The van der Waals surface area contributed by atoms with Gasteiger partial charge >= 0.3 is 0 Å². The second kappa shape index (κ2) is 3.49. The zero-order chi connectivity index (χ0) is 10.0. The number of nitro groups is 1. The average molecular weight is 185 g/mol. The molecule has 0 aliphatic carbocycles. The first-order valence-electron chi connectivity index (χ1n) is 3.60. The summed E-state index contributed by atoms with van der Waals surface area (Å²) in [4.78, 5) is 9.73. The number of rotatable bonds is 2. The van der Waals surface area contributed by atoms with Crippen LogP contribution in [0.5, 0.6) is 0 Å². The summed E-state index contributed by atoms with van der Waals surface area (Å²) >= 11 is 0. The Hall–Kier alpha value is -1.49. The van der Waals surface area contributed by atoms with Gasteiger partial charge in [0.1, 0.15) is 5.82 Å². The van der Waals surface area contributed by atoms with Crippen molar-refractivity contribution in [2.75, 3.05) is 0 Å². The van der Waals surface area contributed by atoms with Gasteiger partial charge in [-0.05, 0) is 18.6 Å². The van der Waals surface area contributed by atoms with Crippen LogP contribution < -0.4 is 0 Å². The summed E-state index contributed by atoms with van der Waals surface area (Å²) in [7, 11) is 0. The molecule has 0 bridgehead atoms. The number of nitro benzene ring substituents is 1. The van der Waals surface area contributed by atoms with Crippen molar-refractivity contribution in [3.8, 4) is 0 Å². The maximum atomic E-state index is 13.0. The van der Waals surface area contributed by atoms with E-state index < -0.39 is 17.3 Å². The first-order valence-corrected chi connectivity index (χ1v) is 3.60. The van der Waals surface area contributed by atoms with Crippen LogP contribution >= 0.6 is 0 Å². The van der Waals surface area contributed by atoms with Crippen molar-refractivity contribution >= 4 is 5.69 Å². The summed E-state index contributed by atoms with van der Waals surface area (Å²) in [5.74, 6) is -0.668. The fourth-order valence-corrected chi connectivity index (χ4v) is 1.000. The van der Waals surface area contributed by atoms with Gasteiger partial charge in [-0.2, -0.15) is 0 Å². The van der Waals surface area contributed by atoms with Crippen molar-refractivity contribution in [2.24, 2.45) is 0 Å². The van der Waals surface area contributed by atoms with Crippen LogP contribution in [0.1, 0.15) is 11.1 Å². The number of aliphatic hydroxyl groups is 1. The average Bonchev–Trinajstić information content (AvgIpc) is 2.09. The van der Waals surface area contributed by atoms with E-state index >= 15 is 0 Å². The van der Waals surface area contributed by atoms with E-state index in [1.54, 1.807) is 0 Å². The Morgan fingerprint density at radius 1 is 1.62 bits per heavy atom. The number of hydrogen-bond acceptors (Lipinski definition) is 3. The third-order valence-electron chi connectivity index (χ3n) is 1.76. The van der Waals surface area contributed by atoms with E-state index in [1.165, 1.54) is 13.0 Å². The van der Waals surface area contributed by atoms with Gasteiger partial charge in [-0.15, -0.1) is 0 Å². The van der Waals surface area contributed by atoms with Gasteiger partial charge in [0.05, 0.1) is 17.1 Å². The zero-order valence-corrected chi connectivity index (χ0v) is 6.95. The standard InChI is InChI=1S/C8H8FNO3/c1-5-7(9)2-6(4-11)3-8(5)10(12)13/h2-3,11H,4H2,1H3. The first-order chi connectivity index (χ1) is 6.06. The molecule has 0 aliphatic rings. The highest BCUT2D eigenvalue weighted by atomic mass is 19.1. The first kappa shape index (κ1) is 9.60. The van der Waals surface area contributed by atoms with Crippen molar-refractivity contribution in [1.82, 2.24) is 0 Å². The third kappa shape index (κ3) is 1.81. The predicted molar refractivity (Wildman–Crippen MR) is 43.7 cm³/mol. The molecule has 0 unspecified atom stereocenters. The van der Waals surface area contributed by atoms with Crippen molar-refractivity contribution in [3.05, 3.63) is 39.2 Å². The summed E-state index contributed by atoms with van der Waals surface area (Å²) in [5.41, 5.74) is -0.110. The largest absolute Gasteiger partial charge is 0.392 e. The molecule has 0 heterocycles. The van der Waals surface area contributed by atoms with Crippen LogP contribution in [0.4, 0.5) is 10.1 Å². The zero-order valence-electron chi connectivity index (χ0n) is 6.95. The minimum atomic E-state index is -0.669. The Balaban J connectivity index is 3.33. The summed E-state index contributed by atoms with van der Waals surface area (Å²) in [5, 5.41) is 19.1. The molecular formula is C8H8FNO3. The highest BCUT2D eigenvalue weighted by molar-refractivity contribution is 5.43. The molecule has 0 saturated carbocycles. The molecule has 1 rings (SSSR count). The van der Waals surface area contributed by atoms with Crippen LogP contribution in [0.15, 0.2) is 12.1 Å². The van der Waals surface area contributed by atoms with Crippen molar-refractivity contribution in [1.29, 1.82) is 0 Å². The second-order valence-corrected chi connectivity index (χ2v) is 2.64. The fourth-order valence-electron chi connectivity index (χ4n) is 1.000. The molecule has 0 atom stereocenters. The number of hydrogen-bond donors (Lipinski definition) is 1. The monoisotopic (exact) mass is 185 g/mol. The van der Waals surface area contributed by atoms with Gasteiger partial charge in [0.15, 0.2) is 0 Å². The van der Waals surface area contributed by atoms with Crippen LogP contribution in [-0.2, 0) is 6.61 Å². The molecule has 1 aromatic carbocycles. The summed E-state index contributed by atoms with van der Waals surface area (Å²) in [6.07, 6.45) is 0. The quantitative estimate of drug-likeness (QED) is 0.561. The van der Waals surface area contributed by atoms with Gasteiger partial charge in [-0.3, -0.25) is 10.1 Å². The maximum absolute atomic E-state index is 13.0. The molecule has 1 N–H and O–H groups in total. The van der Waals surface area contributed by atoms with Gasteiger partial charge in [-0.1, -0.05) is 0 Å².